The summed E-state index contributed by atoms with van der Waals surface area (Å²) in [5.41, 5.74) is 7.80. The quantitative estimate of drug-likeness (QED) is 0.261. The van der Waals surface area contributed by atoms with Gasteiger partial charge >= 0.3 is 0 Å². The molecule has 0 amide bonds. The first-order valence-electron chi connectivity index (χ1n) is 13.7. The van der Waals surface area contributed by atoms with E-state index in [9.17, 15) is 4.79 Å². The van der Waals surface area contributed by atoms with Crippen LogP contribution in [0.25, 0.3) is 11.1 Å². The molecule has 2 heterocycles. The lowest BCUT2D eigenvalue weighted by Gasteiger charge is -2.31. The van der Waals surface area contributed by atoms with Crippen LogP contribution < -0.4 is 9.47 Å². The summed E-state index contributed by atoms with van der Waals surface area (Å²) < 4.78 is 11.8. The van der Waals surface area contributed by atoms with E-state index in [0.29, 0.717) is 12.8 Å². The van der Waals surface area contributed by atoms with Gasteiger partial charge in [0.1, 0.15) is 17.6 Å². The highest BCUT2D eigenvalue weighted by atomic mass is 17.2. The van der Waals surface area contributed by atoms with Crippen LogP contribution in [0.4, 0.5) is 0 Å². The maximum Gasteiger partial charge on any atom is 0.175 e. The Labute approximate surface area is 235 Å². The highest BCUT2D eigenvalue weighted by Crippen LogP contribution is 2.50. The smallest absolute Gasteiger partial charge is 0.175 e. The first-order chi connectivity index (χ1) is 19.5. The minimum atomic E-state index is -0.901. The second-order valence-corrected chi connectivity index (χ2v) is 10.2. The van der Waals surface area contributed by atoms with Crippen LogP contribution in [0, 0.1) is 11.8 Å². The van der Waals surface area contributed by atoms with Crippen molar-refractivity contribution in [2.45, 2.75) is 52.7 Å². The number of ether oxygens (including phenoxy) is 2. The zero-order valence-corrected chi connectivity index (χ0v) is 23.9. The van der Waals surface area contributed by atoms with Crippen LogP contribution in [0.2, 0.25) is 0 Å². The third-order valence-electron chi connectivity index (χ3n) is 8.01. The molecule has 210 valence electrons. The highest BCUT2D eigenvalue weighted by Gasteiger charge is 2.56. The molecule has 1 fully saturated rings. The van der Waals surface area contributed by atoms with Crippen LogP contribution in [0.15, 0.2) is 83.3 Å². The average molecular weight is 545 g/mol. The molecule has 4 unspecified atom stereocenters. The van der Waals surface area contributed by atoms with Crippen LogP contribution in [0.1, 0.15) is 51.7 Å². The second kappa shape index (κ2) is 11.9. The molecule has 5 rings (SSSR count). The highest BCUT2D eigenvalue weighted by molar-refractivity contribution is 5.97. The van der Waals surface area contributed by atoms with Gasteiger partial charge in [-0.25, -0.2) is 19.6 Å². The SMILES string of the molecule is CCC(=C1C(C)=COc2ccccc21)C1C(=O)C(OOC)C(C(CC)=C2C(C)=COc3ccccc32)C1OOC. The third kappa shape index (κ3) is 4.73. The van der Waals surface area contributed by atoms with Gasteiger partial charge in [0, 0.05) is 17.0 Å². The minimum absolute atomic E-state index is 0.108. The van der Waals surface area contributed by atoms with Crippen molar-refractivity contribution in [3.05, 3.63) is 94.5 Å². The van der Waals surface area contributed by atoms with Crippen LogP contribution in [-0.4, -0.2) is 32.2 Å². The first kappa shape index (κ1) is 28.1. The Morgan fingerprint density at radius 1 is 0.750 bits per heavy atom. The molecule has 7 heteroatoms. The predicted molar refractivity (Wildman–Crippen MR) is 152 cm³/mol. The largest absolute Gasteiger partial charge is 0.464 e. The van der Waals surface area contributed by atoms with Gasteiger partial charge < -0.3 is 9.47 Å². The number of fused-ring (bicyclic) bond motifs is 2. The maximum atomic E-state index is 14.4. The summed E-state index contributed by atoms with van der Waals surface area (Å²) in [5, 5.41) is 0. The van der Waals surface area contributed by atoms with E-state index in [1.807, 2.05) is 62.4 Å². The Morgan fingerprint density at radius 3 is 1.75 bits per heavy atom. The van der Waals surface area contributed by atoms with E-state index in [1.54, 1.807) is 12.5 Å². The lowest BCUT2D eigenvalue weighted by atomic mass is 9.79. The van der Waals surface area contributed by atoms with Gasteiger partial charge in [-0.05, 0) is 66.7 Å². The Kier molecular flexibility index (Phi) is 8.38. The van der Waals surface area contributed by atoms with E-state index in [4.69, 9.17) is 29.0 Å². The molecule has 0 radical (unpaired) electrons. The van der Waals surface area contributed by atoms with E-state index in [1.165, 1.54) is 14.2 Å². The number of para-hydroxylation sites is 2. The monoisotopic (exact) mass is 544 g/mol. The van der Waals surface area contributed by atoms with Crippen molar-refractivity contribution in [1.82, 2.24) is 0 Å². The molecule has 2 aromatic carbocycles. The molecule has 2 aliphatic heterocycles. The van der Waals surface area contributed by atoms with Gasteiger partial charge in [0.2, 0.25) is 0 Å². The Balaban J connectivity index is 1.74. The molecule has 1 aliphatic carbocycles. The summed E-state index contributed by atoms with van der Waals surface area (Å²) >= 11 is 0. The number of hydrogen-bond donors (Lipinski definition) is 0. The summed E-state index contributed by atoms with van der Waals surface area (Å²) in [4.78, 5) is 36.8. The van der Waals surface area contributed by atoms with Crippen molar-refractivity contribution in [3.8, 4) is 11.5 Å². The number of hydrogen-bond acceptors (Lipinski definition) is 7. The van der Waals surface area contributed by atoms with Gasteiger partial charge in [0.25, 0.3) is 0 Å². The van der Waals surface area contributed by atoms with E-state index >= 15 is 0 Å². The fourth-order valence-corrected chi connectivity index (χ4v) is 6.47. The molecule has 0 N–H and O–H groups in total. The topological polar surface area (TPSA) is 72.5 Å². The van der Waals surface area contributed by atoms with Crippen molar-refractivity contribution in [1.29, 1.82) is 0 Å². The number of benzene rings is 2. The Hall–Kier alpha value is -3.49. The summed E-state index contributed by atoms with van der Waals surface area (Å²) in [6.45, 7) is 8.16. The van der Waals surface area contributed by atoms with Gasteiger partial charge in [-0.2, -0.15) is 0 Å². The van der Waals surface area contributed by atoms with Crippen LogP contribution in [0.3, 0.4) is 0 Å². The molecule has 3 aliphatic rings. The van der Waals surface area contributed by atoms with E-state index in [0.717, 1.165) is 56.1 Å². The molecular formula is C33H36O7. The van der Waals surface area contributed by atoms with E-state index in [-0.39, 0.29) is 5.78 Å². The van der Waals surface area contributed by atoms with Crippen molar-refractivity contribution in [2.24, 2.45) is 11.8 Å². The summed E-state index contributed by atoms with van der Waals surface area (Å²) in [7, 11) is 2.91. The normalized spacial score (nSPS) is 26.2. The van der Waals surface area contributed by atoms with Gasteiger partial charge in [-0.1, -0.05) is 55.8 Å². The molecule has 4 atom stereocenters. The van der Waals surface area contributed by atoms with Crippen molar-refractivity contribution in [2.75, 3.05) is 14.2 Å². The van der Waals surface area contributed by atoms with Crippen molar-refractivity contribution >= 4 is 16.9 Å². The number of allylic oxidation sites excluding steroid dienone is 4. The molecule has 7 nitrogen and oxygen atoms in total. The third-order valence-corrected chi connectivity index (χ3v) is 8.01. The van der Waals surface area contributed by atoms with Gasteiger partial charge in [-0.15, -0.1) is 0 Å². The number of rotatable bonds is 8. The van der Waals surface area contributed by atoms with E-state index < -0.39 is 24.0 Å². The molecule has 0 aromatic heterocycles. The molecule has 0 spiro atoms. The van der Waals surface area contributed by atoms with Crippen molar-refractivity contribution < 1.29 is 33.8 Å². The number of carbonyl (C=O) groups excluding carboxylic acids is 1. The molecule has 1 saturated carbocycles. The molecule has 0 bridgehead atoms. The zero-order valence-electron chi connectivity index (χ0n) is 23.9. The number of carbonyl (C=O) groups is 1. The Morgan fingerprint density at radius 2 is 1.25 bits per heavy atom. The number of Topliss-reactive ketones (excluding diaryl/α,β-unsaturated/α-hetero) is 1. The summed E-state index contributed by atoms with van der Waals surface area (Å²) in [5.74, 6) is 0.290. The lowest BCUT2D eigenvalue weighted by molar-refractivity contribution is -0.332. The van der Waals surface area contributed by atoms with Crippen LogP contribution >= 0.6 is 0 Å². The van der Waals surface area contributed by atoms with Crippen molar-refractivity contribution in [3.63, 3.8) is 0 Å². The second-order valence-electron chi connectivity index (χ2n) is 10.2. The fraction of sp³-hybridized carbons (Fsp3) is 0.364. The summed E-state index contributed by atoms with van der Waals surface area (Å²) in [6.07, 6.45) is 3.21. The molecule has 40 heavy (non-hydrogen) atoms. The summed E-state index contributed by atoms with van der Waals surface area (Å²) in [6, 6.07) is 15.8. The predicted octanol–water partition coefficient (Wildman–Crippen LogP) is 7.01. The van der Waals surface area contributed by atoms with Gasteiger partial charge in [0.05, 0.1) is 32.7 Å². The maximum absolute atomic E-state index is 14.4. The fourth-order valence-electron chi connectivity index (χ4n) is 6.47. The zero-order chi connectivity index (χ0) is 28.4. The van der Waals surface area contributed by atoms with Crippen LogP contribution in [-0.2, 0) is 24.3 Å². The Bertz CT molecular complexity index is 1410. The van der Waals surface area contributed by atoms with Gasteiger partial charge in [-0.3, -0.25) is 4.79 Å². The first-order valence-corrected chi connectivity index (χ1v) is 13.7. The average Bonchev–Trinajstić information content (AvgIpc) is 3.22. The molecular weight excluding hydrogens is 508 g/mol. The standard InChI is InChI=1S/C33H36O7/c1-7-21(27-19(3)17-37-25-15-11-9-13-23(25)27)29-31(34)33(40-36-6)30(32(29)39-35-5)22(8-2)28-20(4)18-38-26-16-12-10-14-24(26)28/h9-18,29-30,32-33H,7-8H2,1-6H3. The van der Waals surface area contributed by atoms with Crippen LogP contribution in [0.5, 0.6) is 11.5 Å². The van der Waals surface area contributed by atoms with E-state index in [2.05, 4.69) is 13.8 Å². The minimum Gasteiger partial charge on any atom is -0.464 e. The molecule has 2 aromatic rings. The van der Waals surface area contributed by atoms with Gasteiger partial charge in [0.15, 0.2) is 11.9 Å². The number of ketones is 1. The molecule has 0 saturated heterocycles. The lowest BCUT2D eigenvalue weighted by Crippen LogP contribution is -2.32.